The van der Waals surface area contributed by atoms with Crippen molar-refractivity contribution in [2.45, 2.75) is 13.8 Å². The monoisotopic (exact) mass is 377 g/mol. The molecule has 1 aromatic carbocycles. The van der Waals surface area contributed by atoms with Crippen molar-refractivity contribution in [3.05, 3.63) is 46.3 Å². The second-order valence-electron chi connectivity index (χ2n) is 5.47. The maximum atomic E-state index is 14.5. The summed E-state index contributed by atoms with van der Waals surface area (Å²) in [6, 6.07) is 1.90. The maximum Gasteiger partial charge on any atom is 0.259 e. The fourth-order valence-electron chi connectivity index (χ4n) is 2.24. The lowest BCUT2D eigenvalue weighted by Crippen LogP contribution is -2.13. The van der Waals surface area contributed by atoms with Crippen LogP contribution in [-0.4, -0.2) is 36.3 Å². The van der Waals surface area contributed by atoms with Gasteiger partial charge in [0.2, 0.25) is 5.88 Å². The summed E-state index contributed by atoms with van der Waals surface area (Å²) in [5.41, 5.74) is 0.551. The molecule has 0 aliphatic carbocycles. The number of benzene rings is 1. The molecular formula is C16H13ClFN5O3. The average molecular weight is 378 g/mol. The number of hydrogen-bond donors (Lipinski definition) is 4. The first-order chi connectivity index (χ1) is 12.3. The summed E-state index contributed by atoms with van der Waals surface area (Å²) in [6.07, 6.45) is 1.25. The van der Waals surface area contributed by atoms with Crippen molar-refractivity contribution in [1.29, 1.82) is 0 Å². The van der Waals surface area contributed by atoms with Crippen LogP contribution in [0.3, 0.4) is 0 Å². The first kappa shape index (κ1) is 17.6. The lowest BCUT2D eigenvalue weighted by Gasteiger charge is -2.10. The number of nitrogens with one attached hydrogen (secondary N) is 2. The molecule has 0 bridgehead atoms. The third-order valence-corrected chi connectivity index (χ3v) is 3.95. The molecule has 134 valence electrons. The largest absolute Gasteiger partial charge is 0.507 e. The molecule has 0 aliphatic heterocycles. The molecule has 2 aromatic heterocycles. The highest BCUT2D eigenvalue weighted by molar-refractivity contribution is 6.33. The van der Waals surface area contributed by atoms with Gasteiger partial charge in [-0.25, -0.2) is 9.37 Å². The van der Waals surface area contributed by atoms with Crippen LogP contribution in [0, 0.1) is 19.7 Å². The number of phenols is 1. The quantitative estimate of drug-likeness (QED) is 0.556. The number of aryl methyl sites for hydroxylation is 2. The van der Waals surface area contributed by atoms with Gasteiger partial charge in [0.15, 0.2) is 0 Å². The number of halogens is 2. The Hall–Kier alpha value is -3.20. The molecule has 1 amide bonds. The molecule has 2 heterocycles. The van der Waals surface area contributed by atoms with Crippen LogP contribution in [0.15, 0.2) is 18.3 Å². The lowest BCUT2D eigenvalue weighted by molar-refractivity contribution is 0.102. The molecule has 26 heavy (non-hydrogen) atoms. The Balaban J connectivity index is 1.96. The number of aromatic hydroxyl groups is 2. The van der Waals surface area contributed by atoms with Crippen LogP contribution in [0.25, 0.3) is 11.3 Å². The van der Waals surface area contributed by atoms with Crippen LogP contribution >= 0.6 is 11.6 Å². The second kappa shape index (κ2) is 6.60. The minimum absolute atomic E-state index is 0.0154. The summed E-state index contributed by atoms with van der Waals surface area (Å²) in [5.74, 6) is -2.41. The zero-order chi connectivity index (χ0) is 19.0. The van der Waals surface area contributed by atoms with Crippen LogP contribution in [0.2, 0.25) is 5.15 Å². The van der Waals surface area contributed by atoms with Gasteiger partial charge >= 0.3 is 0 Å². The van der Waals surface area contributed by atoms with E-state index in [1.807, 2.05) is 0 Å². The highest BCUT2D eigenvalue weighted by Gasteiger charge is 2.20. The maximum absolute atomic E-state index is 14.5. The summed E-state index contributed by atoms with van der Waals surface area (Å²) in [5, 5.41) is 28.6. The number of anilines is 1. The van der Waals surface area contributed by atoms with E-state index >= 15 is 0 Å². The predicted octanol–water partition coefficient (Wildman–Crippen LogP) is 2.94. The highest BCUT2D eigenvalue weighted by Crippen LogP contribution is 2.31. The number of carbonyl (C=O) groups is 1. The molecule has 0 atom stereocenters. The van der Waals surface area contributed by atoms with E-state index in [1.165, 1.54) is 13.1 Å². The van der Waals surface area contributed by atoms with Crippen molar-refractivity contribution < 1.29 is 19.4 Å². The minimum Gasteiger partial charge on any atom is -0.507 e. The first-order valence-corrected chi connectivity index (χ1v) is 7.73. The number of nitrogens with zero attached hydrogens (tertiary/aromatic N) is 3. The Morgan fingerprint density at radius 2 is 2.00 bits per heavy atom. The van der Waals surface area contributed by atoms with Gasteiger partial charge in [0, 0.05) is 5.56 Å². The van der Waals surface area contributed by atoms with Crippen LogP contribution < -0.4 is 5.32 Å². The van der Waals surface area contributed by atoms with E-state index in [-0.39, 0.29) is 39.2 Å². The fraction of sp³-hybridized carbons (Fsp3) is 0.125. The fourth-order valence-corrected chi connectivity index (χ4v) is 2.47. The van der Waals surface area contributed by atoms with E-state index in [0.29, 0.717) is 5.69 Å². The van der Waals surface area contributed by atoms with E-state index < -0.39 is 17.5 Å². The number of H-pyrrole nitrogens is 1. The summed E-state index contributed by atoms with van der Waals surface area (Å²) in [7, 11) is 0. The molecule has 0 saturated heterocycles. The Morgan fingerprint density at radius 3 is 2.62 bits per heavy atom. The van der Waals surface area contributed by atoms with Crippen LogP contribution in [-0.2, 0) is 0 Å². The van der Waals surface area contributed by atoms with Gasteiger partial charge in [-0.3, -0.25) is 14.9 Å². The third-order valence-electron chi connectivity index (χ3n) is 3.68. The third kappa shape index (κ3) is 3.16. The van der Waals surface area contributed by atoms with Crippen LogP contribution in [0.5, 0.6) is 11.6 Å². The number of rotatable bonds is 3. The smallest absolute Gasteiger partial charge is 0.259 e. The summed E-state index contributed by atoms with van der Waals surface area (Å²) >= 11 is 5.87. The van der Waals surface area contributed by atoms with E-state index in [0.717, 1.165) is 12.1 Å². The number of amides is 1. The zero-order valence-electron chi connectivity index (χ0n) is 13.6. The van der Waals surface area contributed by atoms with Crippen molar-refractivity contribution >= 4 is 23.2 Å². The molecule has 8 nitrogen and oxygen atoms in total. The number of aromatic amines is 1. The van der Waals surface area contributed by atoms with E-state index in [1.54, 1.807) is 6.92 Å². The van der Waals surface area contributed by atoms with Crippen molar-refractivity contribution in [2.24, 2.45) is 0 Å². The molecule has 0 unspecified atom stereocenters. The van der Waals surface area contributed by atoms with Gasteiger partial charge in [0.25, 0.3) is 5.91 Å². The molecule has 3 aromatic rings. The SMILES string of the molecule is Cc1ncc(-c2cc(O)c(C(=O)Nc3c(C)n[nH]c3Cl)cc2F)nc1O. The minimum atomic E-state index is -0.819. The van der Waals surface area contributed by atoms with Crippen LogP contribution in [0.4, 0.5) is 10.1 Å². The van der Waals surface area contributed by atoms with Gasteiger partial charge < -0.3 is 15.5 Å². The molecule has 4 N–H and O–H groups in total. The van der Waals surface area contributed by atoms with Gasteiger partial charge in [0.1, 0.15) is 22.4 Å². The standard InChI is InChI=1S/C16H13ClFN5O3/c1-6-13(14(17)23-22-6)21-16(26)9-3-10(18)8(4-12(9)24)11-5-19-7(2)15(25)20-11/h3-5,24H,1-2H3,(H,20,25)(H,21,26)(H,22,23). The van der Waals surface area contributed by atoms with Gasteiger partial charge in [-0.2, -0.15) is 5.10 Å². The lowest BCUT2D eigenvalue weighted by atomic mass is 10.1. The summed E-state index contributed by atoms with van der Waals surface area (Å²) in [4.78, 5) is 20.0. The normalized spacial score (nSPS) is 10.8. The number of carbonyl (C=O) groups excluding carboxylic acids is 1. The molecule has 0 spiro atoms. The van der Waals surface area contributed by atoms with Crippen molar-refractivity contribution in [3.63, 3.8) is 0 Å². The van der Waals surface area contributed by atoms with Gasteiger partial charge in [-0.15, -0.1) is 0 Å². The molecule has 3 rings (SSSR count). The summed E-state index contributed by atoms with van der Waals surface area (Å²) in [6.45, 7) is 3.15. The Labute approximate surface area is 151 Å². The van der Waals surface area contributed by atoms with Gasteiger partial charge in [-0.05, 0) is 26.0 Å². The van der Waals surface area contributed by atoms with Gasteiger partial charge in [-0.1, -0.05) is 11.6 Å². The van der Waals surface area contributed by atoms with E-state index in [2.05, 4.69) is 25.5 Å². The van der Waals surface area contributed by atoms with Crippen molar-refractivity contribution in [1.82, 2.24) is 20.2 Å². The molecular weight excluding hydrogens is 365 g/mol. The zero-order valence-corrected chi connectivity index (χ0v) is 14.4. The molecule has 0 radical (unpaired) electrons. The van der Waals surface area contributed by atoms with Gasteiger partial charge in [0.05, 0.1) is 28.8 Å². The summed E-state index contributed by atoms with van der Waals surface area (Å²) < 4.78 is 14.5. The molecule has 0 fully saturated rings. The Bertz CT molecular complexity index is 1000. The topological polar surface area (TPSA) is 124 Å². The van der Waals surface area contributed by atoms with Crippen molar-refractivity contribution in [3.8, 4) is 22.9 Å². The number of phenolic OH excluding ortho intramolecular Hbond substituents is 1. The van der Waals surface area contributed by atoms with E-state index in [9.17, 15) is 19.4 Å². The predicted molar refractivity (Wildman–Crippen MR) is 91.8 cm³/mol. The second-order valence-corrected chi connectivity index (χ2v) is 5.84. The number of aromatic nitrogens is 4. The highest BCUT2D eigenvalue weighted by atomic mass is 35.5. The molecule has 10 heteroatoms. The van der Waals surface area contributed by atoms with Crippen LogP contribution in [0.1, 0.15) is 21.7 Å². The Kier molecular flexibility index (Phi) is 4.47. The molecule has 0 saturated carbocycles. The molecule has 0 aliphatic rings. The first-order valence-electron chi connectivity index (χ1n) is 7.35. The van der Waals surface area contributed by atoms with E-state index in [4.69, 9.17) is 11.6 Å². The van der Waals surface area contributed by atoms with Crippen molar-refractivity contribution in [2.75, 3.05) is 5.32 Å². The average Bonchev–Trinajstić information content (AvgIpc) is 2.91. The number of hydrogen-bond acceptors (Lipinski definition) is 6. The Morgan fingerprint density at radius 1 is 1.27 bits per heavy atom.